The van der Waals surface area contributed by atoms with Crippen molar-refractivity contribution < 1.29 is 9.53 Å². The first-order chi connectivity index (χ1) is 15.1. The van der Waals surface area contributed by atoms with E-state index in [2.05, 4.69) is 40.6 Å². The lowest BCUT2D eigenvalue weighted by atomic mass is 10.00. The van der Waals surface area contributed by atoms with Gasteiger partial charge in [-0.2, -0.15) is 0 Å². The van der Waals surface area contributed by atoms with Crippen LogP contribution in [0.4, 0.5) is 5.69 Å². The first-order valence-electron chi connectivity index (χ1n) is 11.2. The standard InChI is InChI=1S/C26H35N3O2/c1-5-15-27-16-18-29(19-17-27)25-23(9-8-10-24(25)31-4)20-21-11-13-22(14-12-21)26(30)28(6-2)7-3/h5,8-14H,1,6-7,15-20H2,2-4H3. The van der Waals surface area contributed by atoms with Crippen molar-refractivity contribution >= 4 is 11.6 Å². The zero-order valence-electron chi connectivity index (χ0n) is 19.1. The van der Waals surface area contributed by atoms with Gasteiger partial charge >= 0.3 is 0 Å². The molecule has 0 bridgehead atoms. The van der Waals surface area contributed by atoms with Crippen molar-refractivity contribution in [2.45, 2.75) is 20.3 Å². The van der Waals surface area contributed by atoms with Crippen LogP contribution in [0.3, 0.4) is 0 Å². The predicted molar refractivity (Wildman–Crippen MR) is 128 cm³/mol. The van der Waals surface area contributed by atoms with Crippen LogP contribution in [0.25, 0.3) is 0 Å². The van der Waals surface area contributed by atoms with Gasteiger partial charge in [-0.1, -0.05) is 30.3 Å². The van der Waals surface area contributed by atoms with E-state index in [0.29, 0.717) is 0 Å². The lowest BCUT2D eigenvalue weighted by Gasteiger charge is -2.37. The average molecular weight is 422 g/mol. The van der Waals surface area contributed by atoms with E-state index in [4.69, 9.17) is 4.74 Å². The van der Waals surface area contributed by atoms with Crippen LogP contribution < -0.4 is 9.64 Å². The van der Waals surface area contributed by atoms with Gasteiger partial charge in [0, 0.05) is 51.4 Å². The second kappa shape index (κ2) is 11.0. The van der Waals surface area contributed by atoms with Gasteiger partial charge in [0.15, 0.2) is 0 Å². The third-order valence-electron chi connectivity index (χ3n) is 6.02. The first-order valence-corrected chi connectivity index (χ1v) is 11.2. The maximum absolute atomic E-state index is 12.6. The lowest BCUT2D eigenvalue weighted by Crippen LogP contribution is -2.46. The smallest absolute Gasteiger partial charge is 0.253 e. The highest BCUT2D eigenvalue weighted by Crippen LogP contribution is 2.34. The Morgan fingerprint density at radius 2 is 1.74 bits per heavy atom. The molecule has 0 spiro atoms. The Morgan fingerprint density at radius 3 is 2.32 bits per heavy atom. The van der Waals surface area contributed by atoms with Gasteiger partial charge in [0.05, 0.1) is 12.8 Å². The maximum Gasteiger partial charge on any atom is 0.253 e. The molecule has 1 fully saturated rings. The fourth-order valence-corrected chi connectivity index (χ4v) is 4.25. The maximum atomic E-state index is 12.6. The lowest BCUT2D eigenvalue weighted by molar-refractivity contribution is 0.0773. The number of amides is 1. The Kier molecular flexibility index (Phi) is 8.13. The molecule has 5 nitrogen and oxygen atoms in total. The zero-order chi connectivity index (χ0) is 22.2. The van der Waals surface area contributed by atoms with Crippen LogP contribution in [0.2, 0.25) is 0 Å². The number of hydrogen-bond acceptors (Lipinski definition) is 4. The summed E-state index contributed by atoms with van der Waals surface area (Å²) in [5.74, 6) is 1.01. The van der Waals surface area contributed by atoms with Gasteiger partial charge in [0.25, 0.3) is 5.91 Å². The zero-order valence-corrected chi connectivity index (χ0v) is 19.1. The van der Waals surface area contributed by atoms with Gasteiger partial charge in [0.2, 0.25) is 0 Å². The Hall–Kier alpha value is -2.79. The van der Waals surface area contributed by atoms with E-state index >= 15 is 0 Å². The Bertz CT molecular complexity index is 867. The largest absolute Gasteiger partial charge is 0.495 e. The van der Waals surface area contributed by atoms with E-state index in [1.165, 1.54) is 16.8 Å². The van der Waals surface area contributed by atoms with Crippen molar-refractivity contribution in [1.82, 2.24) is 9.80 Å². The van der Waals surface area contributed by atoms with E-state index in [9.17, 15) is 4.79 Å². The molecule has 1 amide bonds. The SMILES string of the molecule is C=CCN1CCN(c2c(Cc3ccc(C(=O)N(CC)CC)cc3)cccc2OC)CC1. The van der Waals surface area contributed by atoms with E-state index < -0.39 is 0 Å². The van der Waals surface area contributed by atoms with Crippen LogP contribution in [0, 0.1) is 0 Å². The summed E-state index contributed by atoms with van der Waals surface area (Å²) in [7, 11) is 1.74. The summed E-state index contributed by atoms with van der Waals surface area (Å²) in [5, 5.41) is 0. The number of anilines is 1. The fraction of sp³-hybridized carbons (Fsp3) is 0.423. The number of carbonyl (C=O) groups excluding carboxylic acids is 1. The number of rotatable bonds is 9. The van der Waals surface area contributed by atoms with Crippen LogP contribution in [0.1, 0.15) is 35.3 Å². The molecule has 0 radical (unpaired) electrons. The second-order valence-corrected chi connectivity index (χ2v) is 7.90. The average Bonchev–Trinajstić information content (AvgIpc) is 2.81. The Labute approximate surface area is 186 Å². The van der Waals surface area contributed by atoms with Gasteiger partial charge in [-0.3, -0.25) is 9.69 Å². The van der Waals surface area contributed by atoms with E-state index in [-0.39, 0.29) is 5.91 Å². The number of carbonyl (C=O) groups is 1. The minimum Gasteiger partial charge on any atom is -0.495 e. The molecule has 0 atom stereocenters. The van der Waals surface area contributed by atoms with Gasteiger partial charge < -0.3 is 14.5 Å². The number of nitrogens with zero attached hydrogens (tertiary/aromatic N) is 3. The Balaban J connectivity index is 1.79. The number of para-hydroxylation sites is 1. The summed E-state index contributed by atoms with van der Waals surface area (Å²) in [6, 6.07) is 14.3. The summed E-state index contributed by atoms with van der Waals surface area (Å²) in [5.41, 5.74) is 4.37. The van der Waals surface area contributed by atoms with Crippen molar-refractivity contribution in [1.29, 1.82) is 0 Å². The second-order valence-electron chi connectivity index (χ2n) is 7.90. The molecule has 1 heterocycles. The predicted octanol–water partition coefficient (Wildman–Crippen LogP) is 4.08. The molecule has 0 aliphatic carbocycles. The number of benzene rings is 2. The molecular weight excluding hydrogens is 386 g/mol. The fourth-order valence-electron chi connectivity index (χ4n) is 4.25. The third kappa shape index (κ3) is 5.47. The highest BCUT2D eigenvalue weighted by atomic mass is 16.5. The van der Waals surface area contributed by atoms with Gasteiger partial charge in [0.1, 0.15) is 5.75 Å². The van der Waals surface area contributed by atoms with E-state index in [1.807, 2.05) is 43.0 Å². The topological polar surface area (TPSA) is 36.0 Å². The molecule has 1 aliphatic rings. The first kappa shape index (κ1) is 22.9. The molecule has 2 aromatic rings. The van der Waals surface area contributed by atoms with Crippen LogP contribution >= 0.6 is 0 Å². The molecular formula is C26H35N3O2. The third-order valence-corrected chi connectivity index (χ3v) is 6.02. The van der Waals surface area contributed by atoms with Crippen LogP contribution in [0.5, 0.6) is 5.75 Å². The summed E-state index contributed by atoms with van der Waals surface area (Å²) < 4.78 is 5.73. The van der Waals surface area contributed by atoms with Gasteiger partial charge in [-0.15, -0.1) is 6.58 Å². The van der Waals surface area contributed by atoms with E-state index in [1.54, 1.807) is 7.11 Å². The summed E-state index contributed by atoms with van der Waals surface area (Å²) in [6.45, 7) is 14.2. The van der Waals surface area contributed by atoms with Crippen LogP contribution in [-0.4, -0.2) is 68.6 Å². The molecule has 1 aliphatic heterocycles. The minimum atomic E-state index is 0.0935. The number of methoxy groups -OCH3 is 1. The number of hydrogen-bond donors (Lipinski definition) is 0. The van der Waals surface area contributed by atoms with Crippen molar-refractivity contribution in [2.24, 2.45) is 0 Å². The van der Waals surface area contributed by atoms with E-state index in [0.717, 1.165) is 63.5 Å². The molecule has 0 unspecified atom stereocenters. The molecule has 166 valence electrons. The summed E-state index contributed by atoms with van der Waals surface area (Å²) >= 11 is 0. The van der Waals surface area contributed by atoms with Crippen molar-refractivity contribution in [3.63, 3.8) is 0 Å². The Morgan fingerprint density at radius 1 is 1.06 bits per heavy atom. The van der Waals surface area contributed by atoms with Crippen LogP contribution in [0.15, 0.2) is 55.1 Å². The van der Waals surface area contributed by atoms with Crippen molar-refractivity contribution in [3.8, 4) is 5.75 Å². The summed E-state index contributed by atoms with van der Waals surface area (Å²) in [4.78, 5) is 19.3. The molecule has 0 saturated carbocycles. The molecule has 2 aromatic carbocycles. The highest BCUT2D eigenvalue weighted by molar-refractivity contribution is 5.94. The molecule has 5 heteroatoms. The van der Waals surface area contributed by atoms with Crippen molar-refractivity contribution in [3.05, 3.63) is 71.8 Å². The minimum absolute atomic E-state index is 0.0935. The molecule has 31 heavy (non-hydrogen) atoms. The van der Waals surface area contributed by atoms with Crippen molar-refractivity contribution in [2.75, 3.05) is 57.8 Å². The molecule has 1 saturated heterocycles. The van der Waals surface area contributed by atoms with Gasteiger partial charge in [-0.05, 0) is 49.6 Å². The normalized spacial score (nSPS) is 14.4. The monoisotopic (exact) mass is 421 g/mol. The summed E-state index contributed by atoms with van der Waals surface area (Å²) in [6.07, 6.45) is 2.78. The molecule has 0 aromatic heterocycles. The number of ether oxygens (including phenoxy) is 1. The molecule has 0 N–H and O–H groups in total. The van der Waals surface area contributed by atoms with Crippen LogP contribution in [-0.2, 0) is 6.42 Å². The highest BCUT2D eigenvalue weighted by Gasteiger charge is 2.22. The molecule has 3 rings (SSSR count). The van der Waals surface area contributed by atoms with Gasteiger partial charge in [-0.25, -0.2) is 0 Å². The quantitative estimate of drug-likeness (QED) is 0.572. The number of piperazine rings is 1.